The molecule has 8 heteroatoms. The van der Waals surface area contributed by atoms with Crippen LogP contribution in [0.3, 0.4) is 0 Å². The van der Waals surface area contributed by atoms with Gasteiger partial charge in [0.1, 0.15) is 0 Å². The third-order valence-electron chi connectivity index (χ3n) is 0. The summed E-state index contributed by atoms with van der Waals surface area (Å²) in [5.41, 5.74) is 0. The molecule has 3 N–H and O–H groups in total. The second-order valence-electron chi connectivity index (χ2n) is 0.513. The van der Waals surface area contributed by atoms with Gasteiger partial charge in [0.05, 0.1) is 0 Å². The number of phosphoric acid groups is 1. The Bertz CT molecular complexity index is 69.4. The summed E-state index contributed by atoms with van der Waals surface area (Å²) in [4.78, 5) is 21.6. The first-order chi connectivity index (χ1) is 2.00. The van der Waals surface area contributed by atoms with Crippen LogP contribution >= 0.6 is 7.82 Å². The molecule has 0 radical (unpaired) electrons. The van der Waals surface area contributed by atoms with Crippen molar-refractivity contribution in [1.29, 1.82) is 0 Å². The van der Waals surface area contributed by atoms with E-state index in [0.29, 0.717) is 0 Å². The van der Waals surface area contributed by atoms with Gasteiger partial charge >= 0.3 is 56.7 Å². The number of hydrogen-bond acceptors (Lipinski definition) is 1. The molecule has 0 bridgehead atoms. The quantitative estimate of drug-likeness (QED) is 0.347. The van der Waals surface area contributed by atoms with E-state index in [4.69, 9.17) is 19.2 Å². The van der Waals surface area contributed by atoms with E-state index in [1.807, 2.05) is 0 Å². The molecule has 0 aliphatic carbocycles. The topological polar surface area (TPSA) is 77.8 Å². The molecule has 0 saturated carbocycles. The van der Waals surface area contributed by atoms with E-state index in [2.05, 4.69) is 0 Å². The first-order valence-electron chi connectivity index (χ1n) is 0.783. The Balaban J connectivity index is -0.00000000800. The normalized spacial score (nSPS) is 7.38. The smallest absolute Gasteiger partial charge is 1.00 e. The predicted molar refractivity (Wildman–Crippen MR) is 22.2 cm³/mol. The Morgan fingerprint density at radius 3 is 1.25 bits per heavy atom. The van der Waals surface area contributed by atoms with E-state index in [0.717, 1.165) is 0 Å². The number of hydrogen-bond donors (Lipinski definition) is 3. The average molecular weight is 415 g/mol. The zero-order valence-electron chi connectivity index (χ0n) is 6.32. The summed E-state index contributed by atoms with van der Waals surface area (Å²) in [6, 6.07) is 0. The summed E-state index contributed by atoms with van der Waals surface area (Å²) in [7, 11) is -4.64. The van der Waals surface area contributed by atoms with Crippen LogP contribution in [-0.2, 0) is 51.3 Å². The van der Waals surface area contributed by atoms with Crippen molar-refractivity contribution in [2.75, 3.05) is 0 Å². The minimum atomic E-state index is -4.64. The molecule has 0 heterocycles. The van der Waals surface area contributed by atoms with E-state index < -0.39 is 7.82 Å². The van der Waals surface area contributed by atoms with Crippen LogP contribution in [0.5, 0.6) is 0 Å². The third kappa shape index (κ3) is 60.0. The average Bonchev–Trinajstić information content (AvgIpc) is 0.722. The standard InChI is InChI=1S/Ba.Cd.H3O4P.Zn.2H/c;;1-5(2,3)4;;;/h;;(H3,1,2,3,4);;;/q+2;;;;2*-1. The van der Waals surface area contributed by atoms with Crippen LogP contribution in [0.4, 0.5) is 0 Å². The first kappa shape index (κ1) is 22.5. The molecular formula is H5BaCdO4PZn. The van der Waals surface area contributed by atoms with Crippen LogP contribution in [0.2, 0.25) is 0 Å². The second-order valence-corrected chi connectivity index (χ2v) is 1.54. The van der Waals surface area contributed by atoms with E-state index >= 15 is 0 Å². The fraction of sp³-hybridized carbons (Fsp3) is 0. The van der Waals surface area contributed by atoms with E-state index in [1.54, 1.807) is 0 Å². The van der Waals surface area contributed by atoms with Crippen molar-refractivity contribution in [2.45, 2.75) is 0 Å². The molecule has 0 saturated heterocycles. The molecule has 0 unspecified atom stereocenters. The summed E-state index contributed by atoms with van der Waals surface area (Å²) < 4.78 is 8.88. The van der Waals surface area contributed by atoms with Gasteiger partial charge in [-0.2, -0.15) is 0 Å². The largest absolute Gasteiger partial charge is 2.00 e. The maximum atomic E-state index is 8.88. The SMILES string of the molecule is O=P(O)(O)O.[Ba+2].[Cd].[H-].[H-].[Zn]. The van der Waals surface area contributed by atoms with Crippen molar-refractivity contribution in [3.63, 3.8) is 0 Å². The van der Waals surface area contributed by atoms with Crippen molar-refractivity contribution in [2.24, 2.45) is 0 Å². The van der Waals surface area contributed by atoms with Gasteiger partial charge in [-0.15, -0.1) is 0 Å². The van der Waals surface area contributed by atoms with Gasteiger partial charge in [-0.05, 0) is 0 Å². The van der Waals surface area contributed by atoms with E-state index in [1.165, 1.54) is 0 Å². The Labute approximate surface area is 123 Å². The fourth-order valence-electron chi connectivity index (χ4n) is 0. The van der Waals surface area contributed by atoms with Crippen LogP contribution in [-0.4, -0.2) is 63.6 Å². The van der Waals surface area contributed by atoms with Crippen LogP contribution in [0.25, 0.3) is 0 Å². The predicted octanol–water partition coefficient (Wildman–Crippen LogP) is -1.09. The molecule has 0 aliphatic rings. The monoisotopic (exact) mass is 416 g/mol. The van der Waals surface area contributed by atoms with Crippen molar-refractivity contribution in [3.05, 3.63) is 0 Å². The first-order valence-corrected chi connectivity index (χ1v) is 2.35. The van der Waals surface area contributed by atoms with Crippen molar-refractivity contribution < 1.29 is 68.9 Å². The minimum absolute atomic E-state index is 0. The molecule has 0 amide bonds. The Kier molecular flexibility index (Phi) is 28.7. The van der Waals surface area contributed by atoms with Crippen LogP contribution in [0.1, 0.15) is 2.85 Å². The van der Waals surface area contributed by atoms with E-state index in [9.17, 15) is 0 Å². The second kappa shape index (κ2) is 10.2. The summed E-state index contributed by atoms with van der Waals surface area (Å²) in [6.07, 6.45) is 0. The van der Waals surface area contributed by atoms with Gasteiger partial charge in [0.15, 0.2) is 0 Å². The number of rotatable bonds is 0. The Morgan fingerprint density at radius 1 is 1.25 bits per heavy atom. The maximum absolute atomic E-state index is 8.88. The molecule has 0 spiro atoms. The summed E-state index contributed by atoms with van der Waals surface area (Å²) in [6.45, 7) is 0. The van der Waals surface area contributed by atoms with Crippen molar-refractivity contribution >= 4 is 56.7 Å². The van der Waals surface area contributed by atoms with Gasteiger partial charge in [-0.25, -0.2) is 4.57 Å². The molecule has 0 rings (SSSR count). The van der Waals surface area contributed by atoms with Crippen molar-refractivity contribution in [3.8, 4) is 0 Å². The van der Waals surface area contributed by atoms with Crippen LogP contribution in [0, 0.1) is 0 Å². The summed E-state index contributed by atoms with van der Waals surface area (Å²) in [5, 5.41) is 0. The van der Waals surface area contributed by atoms with Gasteiger partial charge in [0.2, 0.25) is 0 Å². The van der Waals surface area contributed by atoms with Crippen molar-refractivity contribution in [1.82, 2.24) is 0 Å². The van der Waals surface area contributed by atoms with Crippen LogP contribution in [0.15, 0.2) is 0 Å². The molecule has 8 heavy (non-hydrogen) atoms. The summed E-state index contributed by atoms with van der Waals surface area (Å²) >= 11 is 0. The maximum Gasteiger partial charge on any atom is 2.00 e. The van der Waals surface area contributed by atoms with Gasteiger partial charge in [-0.1, -0.05) is 0 Å². The zero-order valence-corrected chi connectivity index (χ0v) is 16.7. The molecule has 0 fully saturated rings. The van der Waals surface area contributed by atoms with Gasteiger partial charge in [-0.3, -0.25) is 0 Å². The molecule has 0 aromatic rings. The summed E-state index contributed by atoms with van der Waals surface area (Å²) in [5.74, 6) is 0. The molecule has 0 aliphatic heterocycles. The molecular weight excluding hydrogens is 410 g/mol. The van der Waals surface area contributed by atoms with Crippen LogP contribution < -0.4 is 0 Å². The molecule has 0 atom stereocenters. The minimum Gasteiger partial charge on any atom is -1.00 e. The van der Waals surface area contributed by atoms with Gasteiger partial charge < -0.3 is 17.5 Å². The fourth-order valence-corrected chi connectivity index (χ4v) is 0. The Morgan fingerprint density at radius 2 is 1.25 bits per heavy atom. The van der Waals surface area contributed by atoms with Gasteiger partial charge in [0, 0.05) is 46.8 Å². The Hall–Kier alpha value is 3.23. The van der Waals surface area contributed by atoms with E-state index in [-0.39, 0.29) is 98.5 Å². The molecule has 40 valence electrons. The van der Waals surface area contributed by atoms with Gasteiger partial charge in [0.25, 0.3) is 0 Å². The third-order valence-corrected chi connectivity index (χ3v) is 0. The molecule has 0 aromatic carbocycles. The molecule has 4 nitrogen and oxygen atoms in total. The molecule has 0 aromatic heterocycles. The zero-order chi connectivity index (χ0) is 4.50.